The van der Waals surface area contributed by atoms with E-state index in [9.17, 15) is 14.9 Å². The van der Waals surface area contributed by atoms with Crippen molar-refractivity contribution in [1.29, 1.82) is 0 Å². The van der Waals surface area contributed by atoms with E-state index in [2.05, 4.69) is 12.6 Å². The van der Waals surface area contributed by atoms with Gasteiger partial charge in [-0.15, -0.1) is 0 Å². The number of nitro groups is 1. The Morgan fingerprint density at radius 3 is 2.70 bits per heavy atom. The van der Waals surface area contributed by atoms with Crippen LogP contribution in [0.3, 0.4) is 0 Å². The molecule has 0 saturated carbocycles. The molecule has 6 nitrogen and oxygen atoms in total. The summed E-state index contributed by atoms with van der Waals surface area (Å²) in [6.45, 7) is 3.30. The van der Waals surface area contributed by atoms with Crippen molar-refractivity contribution in [2.24, 2.45) is 5.41 Å². The molecule has 0 radical (unpaired) electrons. The average molecular weight is 298 g/mol. The number of rotatable bonds is 4. The molecule has 2 heterocycles. The number of aromatic nitrogens is 1. The second kappa shape index (κ2) is 5.97. The standard InChI is InChI=1S/C13H18N2O4S/c1-10-6-12(16)14(7-11(10)15(17)18)8-13(9-20)2-4-19-5-3-13/h6-7,20H,2-5,8-9H2,1H3. The zero-order chi connectivity index (χ0) is 14.8. The van der Waals surface area contributed by atoms with E-state index in [4.69, 9.17) is 4.74 Å². The van der Waals surface area contributed by atoms with Gasteiger partial charge < -0.3 is 9.30 Å². The molecule has 110 valence electrons. The summed E-state index contributed by atoms with van der Waals surface area (Å²) in [7, 11) is 0. The minimum Gasteiger partial charge on any atom is -0.381 e. The van der Waals surface area contributed by atoms with Crippen LogP contribution < -0.4 is 5.56 Å². The fourth-order valence-electron chi connectivity index (χ4n) is 2.50. The first kappa shape index (κ1) is 15.1. The van der Waals surface area contributed by atoms with Gasteiger partial charge in [0.25, 0.3) is 11.2 Å². The van der Waals surface area contributed by atoms with Gasteiger partial charge in [-0.25, -0.2) is 0 Å². The topological polar surface area (TPSA) is 74.4 Å². The number of pyridine rings is 1. The van der Waals surface area contributed by atoms with Gasteiger partial charge in [0.1, 0.15) is 0 Å². The van der Waals surface area contributed by atoms with Crippen molar-refractivity contribution < 1.29 is 9.66 Å². The molecule has 1 fully saturated rings. The molecule has 1 aliphatic heterocycles. The normalized spacial score (nSPS) is 17.9. The molecule has 7 heteroatoms. The fraction of sp³-hybridized carbons (Fsp3) is 0.615. The van der Waals surface area contributed by atoms with Crippen LogP contribution in [0.1, 0.15) is 18.4 Å². The van der Waals surface area contributed by atoms with E-state index in [0.29, 0.717) is 31.1 Å². The third-order valence-corrected chi connectivity index (χ3v) is 4.57. The second-order valence-corrected chi connectivity index (χ2v) is 5.65. The summed E-state index contributed by atoms with van der Waals surface area (Å²) in [5.41, 5.74) is 0.0313. The van der Waals surface area contributed by atoms with Crippen LogP contribution in [-0.2, 0) is 11.3 Å². The molecule has 0 spiro atoms. The summed E-state index contributed by atoms with van der Waals surface area (Å²) < 4.78 is 6.78. The van der Waals surface area contributed by atoms with Crippen molar-refractivity contribution in [2.45, 2.75) is 26.3 Å². The lowest BCUT2D eigenvalue weighted by Gasteiger charge is -2.36. The quantitative estimate of drug-likeness (QED) is 0.522. The maximum atomic E-state index is 12.0. The van der Waals surface area contributed by atoms with E-state index < -0.39 is 4.92 Å². The first-order valence-electron chi connectivity index (χ1n) is 6.51. The van der Waals surface area contributed by atoms with Gasteiger partial charge in [0.05, 0.1) is 11.1 Å². The van der Waals surface area contributed by atoms with Gasteiger partial charge in [0, 0.05) is 36.8 Å². The maximum Gasteiger partial charge on any atom is 0.288 e. The van der Waals surface area contributed by atoms with Crippen molar-refractivity contribution >= 4 is 18.3 Å². The molecular weight excluding hydrogens is 280 g/mol. The molecule has 0 amide bonds. The van der Waals surface area contributed by atoms with Crippen LogP contribution in [0.5, 0.6) is 0 Å². The fourth-order valence-corrected chi connectivity index (χ4v) is 2.92. The molecule has 1 aromatic heterocycles. The molecule has 0 atom stereocenters. The molecule has 0 bridgehead atoms. The molecule has 1 aromatic rings. The average Bonchev–Trinajstić information content (AvgIpc) is 2.42. The summed E-state index contributed by atoms with van der Waals surface area (Å²) in [5, 5.41) is 11.0. The van der Waals surface area contributed by atoms with E-state index in [-0.39, 0.29) is 16.7 Å². The smallest absolute Gasteiger partial charge is 0.288 e. The number of ether oxygens (including phenoxy) is 1. The Labute approximate surface area is 122 Å². The molecule has 2 rings (SSSR count). The zero-order valence-corrected chi connectivity index (χ0v) is 12.3. The van der Waals surface area contributed by atoms with E-state index in [0.717, 1.165) is 12.8 Å². The molecule has 0 N–H and O–H groups in total. The first-order valence-corrected chi connectivity index (χ1v) is 7.15. The van der Waals surface area contributed by atoms with Crippen LogP contribution >= 0.6 is 12.6 Å². The van der Waals surface area contributed by atoms with E-state index >= 15 is 0 Å². The number of thiol groups is 1. The third kappa shape index (κ3) is 3.04. The molecule has 0 unspecified atom stereocenters. The van der Waals surface area contributed by atoms with Gasteiger partial charge in [-0.05, 0) is 25.5 Å². The lowest BCUT2D eigenvalue weighted by molar-refractivity contribution is -0.386. The van der Waals surface area contributed by atoms with Gasteiger partial charge in [-0.2, -0.15) is 12.6 Å². The van der Waals surface area contributed by atoms with Crippen molar-refractivity contribution in [3.8, 4) is 0 Å². The summed E-state index contributed by atoms with van der Waals surface area (Å²) in [6.07, 6.45) is 2.97. The monoisotopic (exact) mass is 298 g/mol. The summed E-state index contributed by atoms with van der Waals surface area (Å²) in [5.74, 6) is 0.629. The van der Waals surface area contributed by atoms with Crippen LogP contribution in [0, 0.1) is 22.5 Å². The Morgan fingerprint density at radius 2 is 2.15 bits per heavy atom. The number of aryl methyl sites for hydroxylation is 1. The molecule has 1 aliphatic rings. The van der Waals surface area contributed by atoms with E-state index in [1.807, 2.05) is 0 Å². The summed E-state index contributed by atoms with van der Waals surface area (Å²) in [4.78, 5) is 22.6. The Hall–Kier alpha value is -1.34. The lowest BCUT2D eigenvalue weighted by Crippen LogP contribution is -2.38. The first-order chi connectivity index (χ1) is 9.47. The maximum absolute atomic E-state index is 12.0. The number of hydrogen-bond donors (Lipinski definition) is 1. The van der Waals surface area contributed by atoms with Crippen LogP contribution in [-0.4, -0.2) is 28.5 Å². The van der Waals surface area contributed by atoms with E-state index in [1.54, 1.807) is 6.92 Å². The van der Waals surface area contributed by atoms with Gasteiger partial charge in [0.2, 0.25) is 0 Å². The third-order valence-electron chi connectivity index (χ3n) is 3.90. The number of nitrogens with zero attached hydrogens (tertiary/aromatic N) is 2. The van der Waals surface area contributed by atoms with Crippen molar-refractivity contribution in [3.05, 3.63) is 38.3 Å². The second-order valence-electron chi connectivity index (χ2n) is 5.34. The Morgan fingerprint density at radius 1 is 1.50 bits per heavy atom. The van der Waals surface area contributed by atoms with Crippen LogP contribution in [0.25, 0.3) is 0 Å². The van der Waals surface area contributed by atoms with Gasteiger partial charge in [-0.1, -0.05) is 0 Å². The van der Waals surface area contributed by atoms with Crippen molar-refractivity contribution in [2.75, 3.05) is 19.0 Å². The van der Waals surface area contributed by atoms with Crippen molar-refractivity contribution in [1.82, 2.24) is 4.57 Å². The summed E-state index contributed by atoms with van der Waals surface area (Å²) >= 11 is 4.40. The largest absolute Gasteiger partial charge is 0.381 e. The predicted octanol–water partition coefficient (Wildman–Crippen LogP) is 1.79. The molecule has 1 saturated heterocycles. The molecule has 20 heavy (non-hydrogen) atoms. The Balaban J connectivity index is 2.35. The van der Waals surface area contributed by atoms with Crippen LogP contribution in [0.4, 0.5) is 5.69 Å². The van der Waals surface area contributed by atoms with Crippen LogP contribution in [0.15, 0.2) is 17.1 Å². The van der Waals surface area contributed by atoms with Gasteiger partial charge >= 0.3 is 0 Å². The minimum atomic E-state index is -0.456. The molecule has 0 aliphatic carbocycles. The highest BCUT2D eigenvalue weighted by molar-refractivity contribution is 7.80. The lowest BCUT2D eigenvalue weighted by atomic mass is 9.82. The Kier molecular flexibility index (Phi) is 4.49. The highest BCUT2D eigenvalue weighted by Gasteiger charge is 2.32. The predicted molar refractivity (Wildman–Crippen MR) is 78.4 cm³/mol. The number of hydrogen-bond acceptors (Lipinski definition) is 5. The van der Waals surface area contributed by atoms with E-state index in [1.165, 1.54) is 16.8 Å². The minimum absolute atomic E-state index is 0.0222. The van der Waals surface area contributed by atoms with Gasteiger partial charge in [-0.3, -0.25) is 14.9 Å². The molecular formula is C13H18N2O4S. The highest BCUT2D eigenvalue weighted by atomic mass is 32.1. The highest BCUT2D eigenvalue weighted by Crippen LogP contribution is 2.33. The van der Waals surface area contributed by atoms with Crippen molar-refractivity contribution in [3.63, 3.8) is 0 Å². The Bertz CT molecular complexity index is 564. The van der Waals surface area contributed by atoms with Crippen LogP contribution in [0.2, 0.25) is 0 Å². The zero-order valence-electron chi connectivity index (χ0n) is 11.4. The SMILES string of the molecule is Cc1cc(=O)n(CC2(CS)CCOCC2)cc1[N+](=O)[O-]. The van der Waals surface area contributed by atoms with Gasteiger partial charge in [0.15, 0.2) is 0 Å². The summed E-state index contributed by atoms with van der Waals surface area (Å²) in [6, 6.07) is 1.32. The molecule has 0 aromatic carbocycles.